The molecule has 8 aromatic carbocycles. The van der Waals surface area contributed by atoms with Crippen LogP contribution >= 0.6 is 0 Å². The van der Waals surface area contributed by atoms with Crippen LogP contribution in [0.4, 0.5) is 0 Å². The molecule has 4 aliphatic heterocycles. The minimum Gasteiger partial charge on any atom is -0.458 e. The van der Waals surface area contributed by atoms with Crippen molar-refractivity contribution < 1.29 is 9.47 Å². The molecule has 218 valence electrons. The lowest BCUT2D eigenvalue weighted by molar-refractivity contribution is 0.482. The summed E-state index contributed by atoms with van der Waals surface area (Å²) in [7, 11) is 0. The molecule has 0 bridgehead atoms. The zero-order chi connectivity index (χ0) is 31.1. The van der Waals surface area contributed by atoms with Crippen molar-refractivity contribution >= 4 is 67.7 Å². The van der Waals surface area contributed by atoms with Gasteiger partial charge in [0.25, 0.3) is 13.4 Å². The second-order valence-electron chi connectivity index (χ2n) is 13.5. The first kappa shape index (κ1) is 25.1. The molecule has 2 nitrogen and oxygen atoms in total. The van der Waals surface area contributed by atoms with Gasteiger partial charge in [0.1, 0.15) is 23.0 Å². The van der Waals surface area contributed by atoms with Gasteiger partial charge >= 0.3 is 0 Å². The van der Waals surface area contributed by atoms with Crippen molar-refractivity contribution in [3.05, 3.63) is 146 Å². The molecule has 4 heteroatoms. The normalized spacial score (nSPS) is 13.7. The molecule has 4 heterocycles. The van der Waals surface area contributed by atoms with Gasteiger partial charge in [-0.25, -0.2) is 0 Å². The van der Waals surface area contributed by atoms with Gasteiger partial charge in [0.2, 0.25) is 0 Å². The predicted molar refractivity (Wildman–Crippen MR) is 200 cm³/mol. The van der Waals surface area contributed by atoms with Crippen LogP contribution in [-0.2, 0) is 0 Å². The fourth-order valence-electron chi connectivity index (χ4n) is 9.36. The average molecular weight is 606 g/mol. The summed E-state index contributed by atoms with van der Waals surface area (Å²) in [5.74, 6) is 3.69. The van der Waals surface area contributed by atoms with Crippen LogP contribution in [0.5, 0.6) is 23.0 Å². The molecule has 0 saturated heterocycles. The zero-order valence-electron chi connectivity index (χ0n) is 25.8. The minimum absolute atomic E-state index is 0.0753. The van der Waals surface area contributed by atoms with E-state index in [0.717, 1.165) is 34.1 Å². The van der Waals surface area contributed by atoms with Crippen molar-refractivity contribution in [2.75, 3.05) is 0 Å². The van der Waals surface area contributed by atoms with Gasteiger partial charge in [-0.05, 0) is 89.9 Å². The Bertz CT molecular complexity index is 2560. The third kappa shape index (κ3) is 3.02. The Morgan fingerprint density at radius 2 is 0.708 bits per heavy atom. The number of ether oxygens (including phenoxy) is 2. The summed E-state index contributed by atoms with van der Waals surface area (Å²) < 4.78 is 14.1. The summed E-state index contributed by atoms with van der Waals surface area (Å²) in [6, 6.07) is 53.1. The Hall–Kier alpha value is -5.99. The van der Waals surface area contributed by atoms with Crippen LogP contribution in [0.2, 0.25) is 0 Å². The van der Waals surface area contributed by atoms with E-state index < -0.39 is 0 Å². The van der Waals surface area contributed by atoms with Gasteiger partial charge in [0, 0.05) is 11.1 Å². The van der Waals surface area contributed by atoms with E-state index in [4.69, 9.17) is 9.47 Å². The van der Waals surface area contributed by atoms with Crippen LogP contribution in [0, 0.1) is 0 Å². The van der Waals surface area contributed by atoms with Crippen molar-refractivity contribution in [1.29, 1.82) is 0 Å². The Morgan fingerprint density at radius 1 is 0.312 bits per heavy atom. The second-order valence-corrected chi connectivity index (χ2v) is 13.5. The van der Waals surface area contributed by atoms with Crippen molar-refractivity contribution in [3.63, 3.8) is 0 Å². The highest BCUT2D eigenvalue weighted by molar-refractivity contribution is 7.00. The highest BCUT2D eigenvalue weighted by Crippen LogP contribution is 2.47. The van der Waals surface area contributed by atoms with Crippen molar-refractivity contribution in [2.45, 2.75) is 0 Å². The average Bonchev–Trinajstić information content (AvgIpc) is 3.14. The number of rotatable bonds is 1. The molecule has 4 aliphatic rings. The van der Waals surface area contributed by atoms with E-state index in [1.54, 1.807) is 0 Å². The first-order valence-electron chi connectivity index (χ1n) is 16.8. The molecule has 0 atom stereocenters. The summed E-state index contributed by atoms with van der Waals surface area (Å²) in [6.45, 7) is 0.151. The third-order valence-electron chi connectivity index (χ3n) is 11.2. The first-order valence-corrected chi connectivity index (χ1v) is 16.8. The summed E-state index contributed by atoms with van der Waals surface area (Å²) in [4.78, 5) is 0. The molecule has 8 aromatic rings. The molecule has 0 radical (unpaired) electrons. The van der Waals surface area contributed by atoms with E-state index in [1.165, 1.54) is 76.6 Å². The van der Waals surface area contributed by atoms with Crippen LogP contribution in [0.25, 0.3) is 54.9 Å². The van der Waals surface area contributed by atoms with Crippen LogP contribution in [-0.4, -0.2) is 13.4 Å². The molecule has 0 amide bonds. The number of hydrogen-bond donors (Lipinski definition) is 0. The van der Waals surface area contributed by atoms with E-state index in [-0.39, 0.29) is 13.4 Å². The number of para-hydroxylation sites is 2. The lowest BCUT2D eigenvalue weighted by Gasteiger charge is -2.36. The molecule has 0 unspecified atom stereocenters. The molecular weight excluding hydrogens is 582 g/mol. The molecule has 0 fully saturated rings. The van der Waals surface area contributed by atoms with Gasteiger partial charge in [-0.2, -0.15) is 0 Å². The van der Waals surface area contributed by atoms with E-state index in [2.05, 4.69) is 146 Å². The molecule has 0 spiro atoms. The Kier molecular flexibility index (Phi) is 4.65. The molecule has 48 heavy (non-hydrogen) atoms. The number of hydrogen-bond acceptors (Lipinski definition) is 2. The van der Waals surface area contributed by atoms with E-state index >= 15 is 0 Å². The Morgan fingerprint density at radius 3 is 1.19 bits per heavy atom. The lowest BCUT2D eigenvalue weighted by Crippen LogP contribution is -2.57. The maximum Gasteiger partial charge on any atom is 0.252 e. The molecular formula is C44H24B2O2. The molecule has 0 aromatic heterocycles. The molecule has 0 saturated carbocycles. The topological polar surface area (TPSA) is 18.5 Å². The summed E-state index contributed by atoms with van der Waals surface area (Å²) >= 11 is 0. The van der Waals surface area contributed by atoms with Crippen molar-refractivity contribution in [3.8, 4) is 56.4 Å². The fraction of sp³-hybridized carbons (Fsp3) is 0. The zero-order valence-corrected chi connectivity index (χ0v) is 25.8. The van der Waals surface area contributed by atoms with Gasteiger partial charge < -0.3 is 9.47 Å². The largest absolute Gasteiger partial charge is 0.458 e. The van der Waals surface area contributed by atoms with E-state index in [1.807, 2.05) is 0 Å². The first-order chi connectivity index (χ1) is 23.8. The number of benzene rings is 8. The molecule has 0 N–H and O–H groups in total. The van der Waals surface area contributed by atoms with Crippen LogP contribution in [0.15, 0.2) is 146 Å². The monoisotopic (exact) mass is 606 g/mol. The standard InChI is InChI=1S/C44H24B2O2/c1-3-19-37-33(15-1)45-35-17-7-11-25-9-5-13-27(39(25)35)29-21-23-31(43(47-37)41(29)45)32-24-22-30-28-14-6-10-26-12-8-18-36(40(26)28)46-34-16-2-4-20-38(34)48-44(32)42(30)46/h1-24H. The van der Waals surface area contributed by atoms with Gasteiger partial charge in [-0.15, -0.1) is 0 Å². The summed E-state index contributed by atoms with van der Waals surface area (Å²) in [6.07, 6.45) is 0. The summed E-state index contributed by atoms with van der Waals surface area (Å²) in [5.41, 5.74) is 14.7. The Balaban J connectivity index is 1.18. The Labute approximate surface area is 278 Å². The maximum atomic E-state index is 7.03. The van der Waals surface area contributed by atoms with Gasteiger partial charge in [-0.1, -0.05) is 132 Å². The SMILES string of the molecule is c1ccc2c(c1)Oc1c(-c3ccc4c5c3Oc3ccccc3B5c3cccc5cccc-4c35)ccc3c1B2c1cccc2cccc-3c12. The highest BCUT2D eigenvalue weighted by Gasteiger charge is 2.43. The molecule has 12 rings (SSSR count). The fourth-order valence-corrected chi connectivity index (χ4v) is 9.36. The quantitative estimate of drug-likeness (QED) is 0.190. The smallest absolute Gasteiger partial charge is 0.252 e. The molecule has 0 aliphatic carbocycles. The van der Waals surface area contributed by atoms with E-state index in [9.17, 15) is 0 Å². The van der Waals surface area contributed by atoms with Gasteiger partial charge in [0.15, 0.2) is 0 Å². The van der Waals surface area contributed by atoms with Crippen LogP contribution in [0.1, 0.15) is 0 Å². The van der Waals surface area contributed by atoms with Crippen LogP contribution in [0.3, 0.4) is 0 Å². The minimum atomic E-state index is 0.0753. The maximum absolute atomic E-state index is 7.03. The third-order valence-corrected chi connectivity index (χ3v) is 11.2. The van der Waals surface area contributed by atoms with Crippen LogP contribution < -0.4 is 42.3 Å². The van der Waals surface area contributed by atoms with Gasteiger partial charge in [-0.3, -0.25) is 0 Å². The summed E-state index contributed by atoms with van der Waals surface area (Å²) in [5, 5.41) is 5.23. The van der Waals surface area contributed by atoms with Gasteiger partial charge in [0.05, 0.1) is 0 Å². The lowest BCUT2D eigenvalue weighted by atomic mass is 9.32. The predicted octanol–water partition coefficient (Wildman–Crippen LogP) is 6.86. The van der Waals surface area contributed by atoms with Crippen molar-refractivity contribution in [1.82, 2.24) is 0 Å². The van der Waals surface area contributed by atoms with Crippen molar-refractivity contribution in [2.24, 2.45) is 0 Å². The second kappa shape index (κ2) is 8.87. The number of fused-ring (bicyclic) bond motifs is 8. The highest BCUT2D eigenvalue weighted by atomic mass is 16.5. The van der Waals surface area contributed by atoms with E-state index in [0.29, 0.717) is 0 Å².